The zero-order valence-electron chi connectivity index (χ0n) is 13.7. The van der Waals surface area contributed by atoms with Crippen molar-refractivity contribution < 1.29 is 9.59 Å². The van der Waals surface area contributed by atoms with E-state index < -0.39 is 11.9 Å². The molecule has 3 N–H and O–H groups in total. The van der Waals surface area contributed by atoms with Gasteiger partial charge in [-0.3, -0.25) is 14.6 Å². The second-order valence-corrected chi connectivity index (χ2v) is 5.88. The highest BCUT2D eigenvalue weighted by Gasteiger charge is 2.19. The van der Waals surface area contributed by atoms with Crippen molar-refractivity contribution in [2.24, 2.45) is 5.73 Å². The summed E-state index contributed by atoms with van der Waals surface area (Å²) in [7, 11) is 0. The number of pyridine rings is 1. The van der Waals surface area contributed by atoms with E-state index in [2.05, 4.69) is 10.3 Å². The summed E-state index contributed by atoms with van der Waals surface area (Å²) in [5.41, 5.74) is 7.90. The highest BCUT2D eigenvalue weighted by Crippen LogP contribution is 2.13. The van der Waals surface area contributed by atoms with Crippen molar-refractivity contribution in [1.82, 2.24) is 10.3 Å². The molecule has 25 heavy (non-hydrogen) atoms. The molecule has 3 aromatic rings. The zero-order chi connectivity index (χ0) is 17.6. The summed E-state index contributed by atoms with van der Waals surface area (Å²) >= 11 is 0. The van der Waals surface area contributed by atoms with E-state index in [0.29, 0.717) is 5.69 Å². The van der Waals surface area contributed by atoms with Crippen LogP contribution >= 0.6 is 0 Å². The summed E-state index contributed by atoms with van der Waals surface area (Å²) in [5.74, 6) is -0.813. The summed E-state index contributed by atoms with van der Waals surface area (Å²) in [5, 5.41) is 3.73. The van der Waals surface area contributed by atoms with Crippen molar-refractivity contribution in [3.8, 4) is 0 Å². The molecule has 0 aliphatic heterocycles. The quantitative estimate of drug-likeness (QED) is 0.723. The molecule has 2 amide bonds. The monoisotopic (exact) mass is 333 g/mol. The van der Waals surface area contributed by atoms with Gasteiger partial charge in [0.25, 0.3) is 0 Å². The molecule has 0 saturated carbocycles. The molecular formula is C20H19N3O2. The van der Waals surface area contributed by atoms with E-state index in [1.807, 2.05) is 66.7 Å². The fourth-order valence-corrected chi connectivity index (χ4v) is 2.68. The van der Waals surface area contributed by atoms with Gasteiger partial charge in [0.2, 0.25) is 11.8 Å². The predicted molar refractivity (Wildman–Crippen MR) is 96.7 cm³/mol. The molecular weight excluding hydrogens is 314 g/mol. The van der Waals surface area contributed by atoms with Crippen molar-refractivity contribution in [3.63, 3.8) is 0 Å². The Labute approximate surface area is 145 Å². The van der Waals surface area contributed by atoms with E-state index >= 15 is 0 Å². The van der Waals surface area contributed by atoms with Crippen molar-refractivity contribution >= 4 is 22.7 Å². The van der Waals surface area contributed by atoms with Crippen molar-refractivity contribution in [1.29, 1.82) is 0 Å². The standard InChI is InChI=1S/C20H19N3O2/c21-20(25)18(23-19(24)12-14-6-2-1-3-7-14)13-16-11-10-15-8-4-5-9-17(15)22-16/h1-11,18H,12-13H2,(H2,21,25)(H,23,24)/t18-/m0/s1. The van der Waals surface area contributed by atoms with Gasteiger partial charge in [-0.1, -0.05) is 54.6 Å². The van der Waals surface area contributed by atoms with Crippen LogP contribution in [0.3, 0.4) is 0 Å². The molecule has 5 heteroatoms. The first-order valence-electron chi connectivity index (χ1n) is 8.09. The number of fused-ring (bicyclic) bond motifs is 1. The molecule has 0 saturated heterocycles. The zero-order valence-corrected chi connectivity index (χ0v) is 13.7. The summed E-state index contributed by atoms with van der Waals surface area (Å²) in [6.07, 6.45) is 0.469. The number of hydrogen-bond donors (Lipinski definition) is 2. The third-order valence-electron chi connectivity index (χ3n) is 3.96. The number of benzene rings is 2. The maximum Gasteiger partial charge on any atom is 0.240 e. The lowest BCUT2D eigenvalue weighted by molar-refractivity contribution is -0.127. The number of rotatable bonds is 6. The molecule has 0 bridgehead atoms. The molecule has 126 valence electrons. The molecule has 5 nitrogen and oxygen atoms in total. The predicted octanol–water partition coefficient (Wildman–Crippen LogP) is 1.99. The topological polar surface area (TPSA) is 85.1 Å². The van der Waals surface area contributed by atoms with Crippen LogP contribution in [0.25, 0.3) is 10.9 Å². The Hall–Kier alpha value is -3.21. The first-order valence-corrected chi connectivity index (χ1v) is 8.09. The van der Waals surface area contributed by atoms with Gasteiger partial charge in [-0.05, 0) is 17.7 Å². The third kappa shape index (κ3) is 4.41. The summed E-state index contributed by atoms with van der Waals surface area (Å²) in [6.45, 7) is 0. The fourth-order valence-electron chi connectivity index (χ4n) is 2.68. The SMILES string of the molecule is NC(=O)[C@H](Cc1ccc2ccccc2n1)NC(=O)Cc1ccccc1. The number of para-hydroxylation sites is 1. The number of nitrogens with one attached hydrogen (secondary N) is 1. The van der Waals surface area contributed by atoms with E-state index in [9.17, 15) is 9.59 Å². The normalized spacial score (nSPS) is 11.8. The van der Waals surface area contributed by atoms with Gasteiger partial charge in [-0.15, -0.1) is 0 Å². The van der Waals surface area contributed by atoms with Crippen LogP contribution in [0.15, 0.2) is 66.7 Å². The van der Waals surface area contributed by atoms with Gasteiger partial charge in [0, 0.05) is 17.5 Å². The van der Waals surface area contributed by atoms with Crippen LogP contribution in [0, 0.1) is 0 Å². The highest BCUT2D eigenvalue weighted by atomic mass is 16.2. The average molecular weight is 333 g/mol. The molecule has 2 aromatic carbocycles. The van der Waals surface area contributed by atoms with Crippen molar-refractivity contribution in [2.75, 3.05) is 0 Å². The molecule has 1 heterocycles. The first kappa shape index (κ1) is 16.6. The van der Waals surface area contributed by atoms with E-state index in [1.165, 1.54) is 0 Å². The van der Waals surface area contributed by atoms with Gasteiger partial charge in [-0.2, -0.15) is 0 Å². The maximum atomic E-state index is 12.2. The Morgan fingerprint density at radius 2 is 1.68 bits per heavy atom. The number of carbonyl (C=O) groups is 2. The second kappa shape index (κ2) is 7.57. The molecule has 0 aliphatic rings. The van der Waals surface area contributed by atoms with E-state index in [-0.39, 0.29) is 18.7 Å². The van der Waals surface area contributed by atoms with Gasteiger partial charge in [0.15, 0.2) is 0 Å². The molecule has 0 aliphatic carbocycles. The number of hydrogen-bond acceptors (Lipinski definition) is 3. The maximum absolute atomic E-state index is 12.2. The van der Waals surface area contributed by atoms with Gasteiger partial charge in [0.1, 0.15) is 6.04 Å². The number of nitrogens with zero attached hydrogens (tertiary/aromatic N) is 1. The number of amides is 2. The van der Waals surface area contributed by atoms with E-state index in [0.717, 1.165) is 16.5 Å². The van der Waals surface area contributed by atoms with Gasteiger partial charge in [0.05, 0.1) is 11.9 Å². The number of nitrogens with two attached hydrogens (primary N) is 1. The first-order chi connectivity index (χ1) is 12.1. The molecule has 0 radical (unpaired) electrons. The molecule has 0 unspecified atom stereocenters. The lowest BCUT2D eigenvalue weighted by atomic mass is 10.1. The van der Waals surface area contributed by atoms with Crippen LogP contribution < -0.4 is 11.1 Å². The highest BCUT2D eigenvalue weighted by molar-refractivity contribution is 5.87. The number of aromatic nitrogens is 1. The molecule has 3 rings (SSSR count). The van der Waals surface area contributed by atoms with Crippen molar-refractivity contribution in [3.05, 3.63) is 78.0 Å². The largest absolute Gasteiger partial charge is 0.368 e. The van der Waals surface area contributed by atoms with Crippen LogP contribution in [0.4, 0.5) is 0 Å². The lowest BCUT2D eigenvalue weighted by Crippen LogP contribution is -2.46. The van der Waals surface area contributed by atoms with Gasteiger partial charge < -0.3 is 11.1 Å². The fraction of sp³-hybridized carbons (Fsp3) is 0.150. The van der Waals surface area contributed by atoms with E-state index in [4.69, 9.17) is 5.73 Å². The van der Waals surface area contributed by atoms with Crippen LogP contribution in [0.1, 0.15) is 11.3 Å². The summed E-state index contributed by atoms with van der Waals surface area (Å²) in [4.78, 5) is 28.5. The molecule has 0 fully saturated rings. The summed E-state index contributed by atoms with van der Waals surface area (Å²) < 4.78 is 0. The van der Waals surface area contributed by atoms with Crippen LogP contribution in [0.2, 0.25) is 0 Å². The van der Waals surface area contributed by atoms with Gasteiger partial charge in [-0.25, -0.2) is 0 Å². The Bertz CT molecular complexity index is 894. The Balaban J connectivity index is 1.70. The minimum Gasteiger partial charge on any atom is -0.368 e. The molecule has 0 spiro atoms. The van der Waals surface area contributed by atoms with Crippen LogP contribution in [0.5, 0.6) is 0 Å². The third-order valence-corrected chi connectivity index (χ3v) is 3.96. The Morgan fingerprint density at radius 1 is 0.960 bits per heavy atom. The molecule has 1 atom stereocenters. The van der Waals surface area contributed by atoms with Gasteiger partial charge >= 0.3 is 0 Å². The van der Waals surface area contributed by atoms with Crippen molar-refractivity contribution in [2.45, 2.75) is 18.9 Å². The Morgan fingerprint density at radius 3 is 2.44 bits per heavy atom. The Kier molecular flexibility index (Phi) is 5.04. The van der Waals surface area contributed by atoms with Crippen LogP contribution in [-0.2, 0) is 22.4 Å². The lowest BCUT2D eigenvalue weighted by Gasteiger charge is -2.15. The minimum atomic E-state index is -0.787. The minimum absolute atomic E-state index is 0.204. The number of carbonyl (C=O) groups excluding carboxylic acids is 2. The smallest absolute Gasteiger partial charge is 0.240 e. The second-order valence-electron chi connectivity index (χ2n) is 5.88. The summed E-state index contributed by atoms with van der Waals surface area (Å²) in [6, 6.07) is 20.1. The average Bonchev–Trinajstić information content (AvgIpc) is 2.62. The van der Waals surface area contributed by atoms with E-state index in [1.54, 1.807) is 0 Å². The number of primary amides is 1. The molecule has 1 aromatic heterocycles. The van der Waals surface area contributed by atoms with Crippen LogP contribution in [-0.4, -0.2) is 22.8 Å².